The molecule has 0 nitrogen and oxygen atoms in total. The first-order chi connectivity index (χ1) is 7.67. The number of allylic oxidation sites excluding steroid dienone is 3. The van der Waals surface area contributed by atoms with Crippen molar-refractivity contribution in [2.45, 2.75) is 13.8 Å². The van der Waals surface area contributed by atoms with Gasteiger partial charge in [-0.1, -0.05) is 61.2 Å². The predicted octanol–water partition coefficient (Wildman–Crippen LogP) is 4.95. The van der Waals surface area contributed by atoms with Crippen molar-refractivity contribution in [3.63, 3.8) is 0 Å². The topological polar surface area (TPSA) is 0 Å². The molecule has 0 fully saturated rings. The highest BCUT2D eigenvalue weighted by Crippen LogP contribution is 2.16. The maximum absolute atomic E-state index is 3.85. The molecule has 0 bridgehead atoms. The zero-order chi connectivity index (χ0) is 12.0. The van der Waals surface area contributed by atoms with Gasteiger partial charge in [-0.15, -0.1) is 0 Å². The van der Waals surface area contributed by atoms with Crippen LogP contribution in [0.5, 0.6) is 0 Å². The molecular formula is C16H18. The lowest BCUT2D eigenvalue weighted by Crippen LogP contribution is -1.82. The molecule has 1 aromatic rings. The second-order valence-electron chi connectivity index (χ2n) is 3.77. The summed E-state index contributed by atoms with van der Waals surface area (Å²) in [4.78, 5) is 0. The molecule has 1 rings (SSSR count). The summed E-state index contributed by atoms with van der Waals surface area (Å²) in [6.07, 6.45) is 10.1. The number of rotatable bonds is 4. The van der Waals surface area contributed by atoms with Gasteiger partial charge in [-0.05, 0) is 36.6 Å². The van der Waals surface area contributed by atoms with E-state index in [4.69, 9.17) is 0 Å². The summed E-state index contributed by atoms with van der Waals surface area (Å²) in [6, 6.07) is 6.32. The highest BCUT2D eigenvalue weighted by molar-refractivity contribution is 5.68. The van der Waals surface area contributed by atoms with E-state index in [1.165, 1.54) is 11.1 Å². The lowest BCUT2D eigenvalue weighted by Gasteiger charge is -2.02. The van der Waals surface area contributed by atoms with Crippen LogP contribution in [0.25, 0.3) is 18.2 Å². The van der Waals surface area contributed by atoms with Crippen molar-refractivity contribution in [1.82, 2.24) is 0 Å². The van der Waals surface area contributed by atoms with Gasteiger partial charge in [-0.2, -0.15) is 0 Å². The summed E-state index contributed by atoms with van der Waals surface area (Å²) < 4.78 is 0. The van der Waals surface area contributed by atoms with Gasteiger partial charge in [0.05, 0.1) is 0 Å². The van der Waals surface area contributed by atoms with E-state index in [2.05, 4.69) is 43.5 Å². The average molecular weight is 210 g/mol. The van der Waals surface area contributed by atoms with Crippen molar-refractivity contribution in [1.29, 1.82) is 0 Å². The van der Waals surface area contributed by atoms with Crippen molar-refractivity contribution in [3.8, 4) is 0 Å². The van der Waals surface area contributed by atoms with E-state index in [0.717, 1.165) is 11.1 Å². The quantitative estimate of drug-likeness (QED) is 0.617. The van der Waals surface area contributed by atoms with Gasteiger partial charge in [0.25, 0.3) is 0 Å². The molecule has 0 saturated carbocycles. The van der Waals surface area contributed by atoms with Crippen molar-refractivity contribution < 1.29 is 0 Å². The van der Waals surface area contributed by atoms with Crippen LogP contribution in [-0.4, -0.2) is 0 Å². The predicted molar refractivity (Wildman–Crippen MR) is 75.1 cm³/mol. The molecule has 0 radical (unpaired) electrons. The van der Waals surface area contributed by atoms with E-state index >= 15 is 0 Å². The molecule has 0 atom stereocenters. The Bertz CT molecular complexity index is 445. The minimum Gasteiger partial charge on any atom is -0.0984 e. The highest BCUT2D eigenvalue weighted by Gasteiger charge is 1.96. The smallest absolute Gasteiger partial charge is 0.0182 e. The third kappa shape index (κ3) is 3.39. The second kappa shape index (κ2) is 5.92. The molecule has 82 valence electrons. The van der Waals surface area contributed by atoms with Crippen LogP contribution in [-0.2, 0) is 0 Å². The normalized spacial score (nSPS) is 11.1. The van der Waals surface area contributed by atoms with Gasteiger partial charge in [0, 0.05) is 0 Å². The summed E-state index contributed by atoms with van der Waals surface area (Å²) in [6.45, 7) is 11.7. The standard InChI is InChI=1S/C16H18/c1-5-7-16-12-14(9-8-13(3)4)10-11-15(16)6-2/h5-12H,2-3H2,1,4H3/b7-5-,9-8+. The summed E-state index contributed by atoms with van der Waals surface area (Å²) in [7, 11) is 0. The molecule has 0 heteroatoms. The molecular weight excluding hydrogens is 192 g/mol. The van der Waals surface area contributed by atoms with E-state index in [9.17, 15) is 0 Å². The molecule has 0 spiro atoms. The Morgan fingerprint density at radius 2 is 1.94 bits per heavy atom. The van der Waals surface area contributed by atoms with E-state index < -0.39 is 0 Å². The summed E-state index contributed by atoms with van der Waals surface area (Å²) >= 11 is 0. The zero-order valence-electron chi connectivity index (χ0n) is 10.0. The van der Waals surface area contributed by atoms with Crippen LogP contribution in [0, 0.1) is 0 Å². The lowest BCUT2D eigenvalue weighted by molar-refractivity contribution is 1.55. The average Bonchev–Trinajstić information content (AvgIpc) is 2.27. The summed E-state index contributed by atoms with van der Waals surface area (Å²) in [5.74, 6) is 0. The Morgan fingerprint density at radius 3 is 2.50 bits per heavy atom. The van der Waals surface area contributed by atoms with Crippen molar-refractivity contribution in [3.05, 3.63) is 65.8 Å². The van der Waals surface area contributed by atoms with Gasteiger partial charge in [-0.3, -0.25) is 0 Å². The lowest BCUT2D eigenvalue weighted by atomic mass is 10.0. The van der Waals surface area contributed by atoms with E-state index in [0.29, 0.717) is 0 Å². The largest absolute Gasteiger partial charge is 0.0984 e. The Labute approximate surface area is 98.3 Å². The van der Waals surface area contributed by atoms with Crippen molar-refractivity contribution in [2.75, 3.05) is 0 Å². The fourth-order valence-electron chi connectivity index (χ4n) is 1.45. The molecule has 0 unspecified atom stereocenters. The second-order valence-corrected chi connectivity index (χ2v) is 3.77. The van der Waals surface area contributed by atoms with E-state index in [-0.39, 0.29) is 0 Å². The molecule has 1 aromatic carbocycles. The molecule has 0 heterocycles. The molecule has 0 aliphatic heterocycles. The molecule has 0 amide bonds. The van der Waals surface area contributed by atoms with Crippen LogP contribution in [0.2, 0.25) is 0 Å². The zero-order valence-corrected chi connectivity index (χ0v) is 10.0. The Morgan fingerprint density at radius 1 is 1.19 bits per heavy atom. The van der Waals surface area contributed by atoms with Gasteiger partial charge in [0.1, 0.15) is 0 Å². The van der Waals surface area contributed by atoms with Gasteiger partial charge in [0.2, 0.25) is 0 Å². The summed E-state index contributed by atoms with van der Waals surface area (Å²) in [5, 5.41) is 0. The highest BCUT2D eigenvalue weighted by atomic mass is 14.0. The third-order valence-electron chi connectivity index (χ3n) is 2.24. The Hall–Kier alpha value is -1.82. The van der Waals surface area contributed by atoms with Crippen LogP contribution in [0.3, 0.4) is 0 Å². The first-order valence-corrected chi connectivity index (χ1v) is 5.40. The number of hydrogen-bond acceptors (Lipinski definition) is 0. The molecule has 16 heavy (non-hydrogen) atoms. The van der Waals surface area contributed by atoms with Crippen LogP contribution in [0.15, 0.2) is 49.1 Å². The fourth-order valence-corrected chi connectivity index (χ4v) is 1.45. The van der Waals surface area contributed by atoms with Crippen LogP contribution in [0.4, 0.5) is 0 Å². The number of benzene rings is 1. The number of hydrogen-bond donors (Lipinski definition) is 0. The summed E-state index contributed by atoms with van der Waals surface area (Å²) in [5.41, 5.74) is 4.59. The van der Waals surface area contributed by atoms with Gasteiger partial charge in [0.15, 0.2) is 0 Å². The maximum atomic E-state index is 3.85. The molecule has 0 N–H and O–H groups in total. The SMILES string of the molecule is C=Cc1ccc(/C=C/C(=C)C)cc1/C=C\C. The van der Waals surface area contributed by atoms with Crippen molar-refractivity contribution in [2.24, 2.45) is 0 Å². The monoisotopic (exact) mass is 210 g/mol. The maximum Gasteiger partial charge on any atom is -0.0182 e. The first-order valence-electron chi connectivity index (χ1n) is 5.40. The first kappa shape index (κ1) is 12.3. The Kier molecular flexibility index (Phi) is 4.53. The molecule has 0 aliphatic carbocycles. The van der Waals surface area contributed by atoms with Gasteiger partial charge >= 0.3 is 0 Å². The minimum absolute atomic E-state index is 1.06. The van der Waals surface area contributed by atoms with Crippen LogP contribution >= 0.6 is 0 Å². The molecule has 0 aliphatic rings. The van der Waals surface area contributed by atoms with E-state index in [1.54, 1.807) is 0 Å². The van der Waals surface area contributed by atoms with Gasteiger partial charge in [-0.25, -0.2) is 0 Å². The fraction of sp³-hybridized carbons (Fsp3) is 0.125. The molecule has 0 saturated heterocycles. The van der Waals surface area contributed by atoms with Crippen molar-refractivity contribution >= 4 is 18.2 Å². The van der Waals surface area contributed by atoms with Crippen LogP contribution in [0.1, 0.15) is 30.5 Å². The molecule has 0 aromatic heterocycles. The van der Waals surface area contributed by atoms with Gasteiger partial charge < -0.3 is 0 Å². The minimum atomic E-state index is 1.06. The van der Waals surface area contributed by atoms with Crippen LogP contribution < -0.4 is 0 Å². The Balaban J connectivity index is 3.11. The third-order valence-corrected chi connectivity index (χ3v) is 2.24. The van der Waals surface area contributed by atoms with E-state index in [1.807, 2.05) is 32.1 Å².